The number of unbranched alkanes of at least 4 members (excludes halogenated alkanes) is 2. The van der Waals surface area contributed by atoms with E-state index in [4.69, 9.17) is 0 Å². The van der Waals surface area contributed by atoms with Gasteiger partial charge in [-0.1, -0.05) is 61.6 Å². The Morgan fingerprint density at radius 3 is 2.04 bits per heavy atom. The Morgan fingerprint density at radius 1 is 0.840 bits per heavy atom. The molecule has 0 amide bonds. The molecule has 0 heterocycles. The van der Waals surface area contributed by atoms with Crippen molar-refractivity contribution in [3.8, 4) is 0 Å². The third-order valence-corrected chi connectivity index (χ3v) is 7.15. The van der Waals surface area contributed by atoms with Gasteiger partial charge in [0, 0.05) is 0 Å². The van der Waals surface area contributed by atoms with Crippen LogP contribution >= 0.6 is 0 Å². The third-order valence-electron chi connectivity index (χ3n) is 7.15. The first kappa shape index (κ1) is 18.7. The van der Waals surface area contributed by atoms with Gasteiger partial charge in [-0.05, 0) is 87.5 Å². The van der Waals surface area contributed by atoms with E-state index in [-0.39, 0.29) is 0 Å². The molecule has 0 bridgehead atoms. The first-order valence-corrected chi connectivity index (χ1v) is 10.9. The Kier molecular flexibility index (Phi) is 7.20. The quantitative estimate of drug-likeness (QED) is 0.351. The molecule has 0 heteroatoms. The average Bonchev–Trinajstić information content (AvgIpc) is 2.67. The molecule has 0 aliphatic heterocycles. The second kappa shape index (κ2) is 9.60. The number of hydrogen-bond donors (Lipinski definition) is 0. The largest absolute Gasteiger partial charge is 0.103 e. The summed E-state index contributed by atoms with van der Waals surface area (Å²) in [4.78, 5) is 0. The molecule has 25 heavy (non-hydrogen) atoms. The summed E-state index contributed by atoms with van der Waals surface area (Å²) in [6, 6.07) is 9.32. The lowest BCUT2D eigenvalue weighted by Gasteiger charge is -2.38. The van der Waals surface area contributed by atoms with E-state index in [2.05, 4.69) is 43.8 Å². The summed E-state index contributed by atoms with van der Waals surface area (Å²) in [7, 11) is 0. The van der Waals surface area contributed by atoms with Crippen LogP contribution in [0, 0.1) is 24.7 Å². The summed E-state index contributed by atoms with van der Waals surface area (Å²) in [6.07, 6.45) is 19.4. The van der Waals surface area contributed by atoms with Gasteiger partial charge in [-0.25, -0.2) is 0 Å². The number of benzene rings is 1. The van der Waals surface area contributed by atoms with Crippen molar-refractivity contribution in [1.82, 2.24) is 0 Å². The minimum absolute atomic E-state index is 0.832. The first-order chi connectivity index (χ1) is 12.3. The number of allylic oxidation sites excluding steroid dienone is 1. The lowest BCUT2D eigenvalue weighted by Crippen LogP contribution is -2.25. The molecule has 1 aromatic carbocycles. The molecule has 0 spiro atoms. The normalized spacial score (nSPS) is 30.1. The van der Waals surface area contributed by atoms with Gasteiger partial charge in [-0.3, -0.25) is 0 Å². The van der Waals surface area contributed by atoms with E-state index in [1.807, 2.05) is 0 Å². The summed E-state index contributed by atoms with van der Waals surface area (Å²) >= 11 is 0. The van der Waals surface area contributed by atoms with Gasteiger partial charge in [0.05, 0.1) is 0 Å². The predicted octanol–water partition coefficient (Wildman–Crippen LogP) is 7.82. The van der Waals surface area contributed by atoms with Crippen molar-refractivity contribution >= 4 is 0 Å². The Balaban J connectivity index is 1.37. The Morgan fingerprint density at radius 2 is 1.44 bits per heavy atom. The maximum atomic E-state index is 3.84. The Labute approximate surface area is 156 Å². The fraction of sp³-hybridized carbons (Fsp3) is 0.680. The van der Waals surface area contributed by atoms with Crippen molar-refractivity contribution < 1.29 is 0 Å². The molecule has 0 atom stereocenters. The van der Waals surface area contributed by atoms with Crippen molar-refractivity contribution in [2.75, 3.05) is 0 Å². The molecule has 2 fully saturated rings. The molecule has 0 radical (unpaired) electrons. The molecule has 2 aliphatic rings. The lowest BCUT2D eigenvalue weighted by atomic mass is 9.68. The summed E-state index contributed by atoms with van der Waals surface area (Å²) < 4.78 is 0. The fourth-order valence-electron chi connectivity index (χ4n) is 5.43. The summed E-state index contributed by atoms with van der Waals surface area (Å²) in [6.45, 7) is 6.03. The zero-order valence-corrected chi connectivity index (χ0v) is 16.4. The fourth-order valence-corrected chi connectivity index (χ4v) is 5.43. The van der Waals surface area contributed by atoms with E-state index in [1.54, 1.807) is 5.56 Å². The van der Waals surface area contributed by atoms with Crippen LogP contribution in [0.3, 0.4) is 0 Å². The molecule has 0 saturated heterocycles. The van der Waals surface area contributed by atoms with Gasteiger partial charge in [-0.15, -0.1) is 6.58 Å². The third kappa shape index (κ3) is 5.47. The molecule has 0 aromatic heterocycles. The van der Waals surface area contributed by atoms with E-state index in [9.17, 15) is 0 Å². The highest BCUT2D eigenvalue weighted by atomic mass is 14.4. The highest BCUT2D eigenvalue weighted by molar-refractivity contribution is 5.24. The number of aryl methyl sites for hydroxylation is 1. The molecule has 0 unspecified atom stereocenters. The molecule has 138 valence electrons. The second-order valence-electron chi connectivity index (χ2n) is 8.88. The van der Waals surface area contributed by atoms with Gasteiger partial charge >= 0.3 is 0 Å². The summed E-state index contributed by atoms with van der Waals surface area (Å²) in [5.74, 6) is 3.94. The van der Waals surface area contributed by atoms with Crippen LogP contribution in [0.2, 0.25) is 0 Å². The maximum Gasteiger partial charge on any atom is -0.0162 e. The van der Waals surface area contributed by atoms with Crippen LogP contribution in [-0.2, 0) is 0 Å². The number of rotatable bonds is 7. The van der Waals surface area contributed by atoms with Gasteiger partial charge in [-0.2, -0.15) is 0 Å². The van der Waals surface area contributed by atoms with Crippen LogP contribution in [0.15, 0.2) is 36.9 Å². The molecule has 2 aliphatic carbocycles. The lowest BCUT2D eigenvalue weighted by molar-refractivity contribution is 0.155. The van der Waals surface area contributed by atoms with Gasteiger partial charge in [0.1, 0.15) is 0 Å². The predicted molar refractivity (Wildman–Crippen MR) is 110 cm³/mol. The Bertz CT molecular complexity index is 495. The van der Waals surface area contributed by atoms with Gasteiger partial charge < -0.3 is 0 Å². The minimum atomic E-state index is 0.832. The van der Waals surface area contributed by atoms with Crippen LogP contribution in [0.4, 0.5) is 0 Å². The van der Waals surface area contributed by atoms with Crippen molar-refractivity contribution in [2.24, 2.45) is 17.8 Å². The molecular weight excluding hydrogens is 300 g/mol. The molecular formula is C25H38. The molecule has 1 aromatic rings. The van der Waals surface area contributed by atoms with E-state index in [0.717, 1.165) is 23.7 Å². The van der Waals surface area contributed by atoms with Crippen LogP contribution in [0.5, 0.6) is 0 Å². The van der Waals surface area contributed by atoms with E-state index >= 15 is 0 Å². The van der Waals surface area contributed by atoms with Crippen LogP contribution < -0.4 is 0 Å². The van der Waals surface area contributed by atoms with Crippen molar-refractivity contribution in [3.63, 3.8) is 0 Å². The van der Waals surface area contributed by atoms with E-state index < -0.39 is 0 Å². The van der Waals surface area contributed by atoms with Crippen LogP contribution in [0.1, 0.15) is 94.1 Å². The van der Waals surface area contributed by atoms with E-state index in [0.29, 0.717) is 0 Å². The summed E-state index contributed by atoms with van der Waals surface area (Å²) in [5.41, 5.74) is 2.98. The van der Waals surface area contributed by atoms with Crippen molar-refractivity contribution in [3.05, 3.63) is 48.0 Å². The summed E-state index contributed by atoms with van der Waals surface area (Å²) in [5, 5.41) is 0. The van der Waals surface area contributed by atoms with Gasteiger partial charge in [0.15, 0.2) is 0 Å². The average molecular weight is 339 g/mol. The smallest absolute Gasteiger partial charge is 0.0162 e. The minimum Gasteiger partial charge on any atom is -0.103 e. The van der Waals surface area contributed by atoms with Crippen molar-refractivity contribution in [2.45, 2.75) is 89.9 Å². The zero-order chi connectivity index (χ0) is 17.5. The highest BCUT2D eigenvalue weighted by Gasteiger charge is 2.31. The topological polar surface area (TPSA) is 0 Å². The van der Waals surface area contributed by atoms with Crippen LogP contribution in [-0.4, -0.2) is 0 Å². The SMILES string of the molecule is C=CCCCC[C@H]1CC[C@H](C2CCC(c3ccc(C)cc3)CC2)CC1. The Hall–Kier alpha value is -1.04. The number of hydrogen-bond acceptors (Lipinski definition) is 0. The first-order valence-electron chi connectivity index (χ1n) is 10.9. The second-order valence-corrected chi connectivity index (χ2v) is 8.88. The van der Waals surface area contributed by atoms with Crippen LogP contribution in [0.25, 0.3) is 0 Å². The van der Waals surface area contributed by atoms with Crippen molar-refractivity contribution in [1.29, 1.82) is 0 Å². The molecule has 0 N–H and O–H groups in total. The molecule has 0 nitrogen and oxygen atoms in total. The molecule has 3 rings (SSSR count). The monoisotopic (exact) mass is 338 g/mol. The van der Waals surface area contributed by atoms with Gasteiger partial charge in [0.25, 0.3) is 0 Å². The van der Waals surface area contributed by atoms with Gasteiger partial charge in [0.2, 0.25) is 0 Å². The molecule has 2 saturated carbocycles. The standard InChI is InChI=1S/C25H38/c1-3-4-5-6-7-21-10-14-23(15-11-21)25-18-16-24(17-19-25)22-12-8-20(2)9-13-22/h3,8-9,12-13,21,23-25H,1,4-7,10-11,14-19H2,2H3/t21-,23-,24?,25?. The van der Waals surface area contributed by atoms with E-state index in [1.165, 1.54) is 82.6 Å². The zero-order valence-electron chi connectivity index (χ0n) is 16.4. The maximum absolute atomic E-state index is 3.84. The highest BCUT2D eigenvalue weighted by Crippen LogP contribution is 2.44.